The zero-order valence-electron chi connectivity index (χ0n) is 28.4. The van der Waals surface area contributed by atoms with Crippen LogP contribution in [0.5, 0.6) is 0 Å². The third-order valence-corrected chi connectivity index (χ3v) is 10.3. The molecule has 10 aromatic rings. The molecule has 0 unspecified atom stereocenters. The van der Waals surface area contributed by atoms with Gasteiger partial charge in [0.15, 0.2) is 0 Å². The molecule has 0 amide bonds. The molecule has 0 aliphatic carbocycles. The number of nitrogens with zero attached hydrogens (tertiary/aromatic N) is 3. The molecule has 0 atom stereocenters. The fraction of sp³-hybridized carbons (Fsp3) is 0.0208. The lowest BCUT2D eigenvalue weighted by atomic mass is 10.1. The number of hydrogen-bond donors (Lipinski definition) is 1. The van der Waals surface area contributed by atoms with Crippen molar-refractivity contribution in [2.45, 2.75) is 6.42 Å². The molecule has 3 aromatic heterocycles. The number of nitrogens with two attached hydrogens (primary N) is 1. The lowest BCUT2D eigenvalue weighted by Crippen LogP contribution is -2.14. The summed E-state index contributed by atoms with van der Waals surface area (Å²) in [5.74, 6) is 0.475. The molecule has 2 N–H and O–H groups in total. The molecule has 0 saturated carbocycles. The number of amidine groups is 1. The van der Waals surface area contributed by atoms with Gasteiger partial charge in [-0.25, -0.2) is 4.99 Å². The number of rotatable bonds is 6. The topological polar surface area (TPSA) is 47.7 Å². The predicted molar refractivity (Wildman–Crippen MR) is 220 cm³/mol. The molecule has 246 valence electrons. The molecule has 7 aromatic carbocycles. The highest BCUT2D eigenvalue weighted by Crippen LogP contribution is 2.40. The molecule has 4 heteroatoms. The van der Waals surface area contributed by atoms with E-state index in [0.717, 1.165) is 34.4 Å². The SMILES string of the molecule is NC(=N/C(=C\Cc1ccccc1)c1ccccc1)c1cccc(-n2c3ccccc3c3ccc4c(cc5c6ccccc6c6ccccc6n54)c32)c1. The average molecular weight is 667 g/mol. The third kappa shape index (κ3) is 4.80. The van der Waals surface area contributed by atoms with Crippen LogP contribution < -0.4 is 5.73 Å². The van der Waals surface area contributed by atoms with Gasteiger partial charge in [0.1, 0.15) is 5.84 Å². The average Bonchev–Trinajstić information content (AvgIpc) is 3.77. The van der Waals surface area contributed by atoms with E-state index in [1.165, 1.54) is 59.9 Å². The molecule has 0 saturated heterocycles. The number of fused-ring (bicyclic) bond motifs is 12. The monoisotopic (exact) mass is 666 g/mol. The number of aromatic nitrogens is 2. The molecule has 52 heavy (non-hydrogen) atoms. The Morgan fingerprint density at radius 1 is 0.481 bits per heavy atom. The van der Waals surface area contributed by atoms with Crippen molar-refractivity contribution >= 4 is 71.4 Å². The molecule has 0 spiro atoms. The first-order valence-electron chi connectivity index (χ1n) is 17.7. The smallest absolute Gasteiger partial charge is 0.131 e. The van der Waals surface area contributed by atoms with Crippen molar-refractivity contribution in [3.8, 4) is 5.69 Å². The number of aliphatic imine (C=N–C) groups is 1. The van der Waals surface area contributed by atoms with Crippen LogP contribution in [-0.4, -0.2) is 14.8 Å². The summed E-state index contributed by atoms with van der Waals surface area (Å²) in [5.41, 5.74) is 17.8. The van der Waals surface area contributed by atoms with Crippen molar-refractivity contribution in [2.75, 3.05) is 0 Å². The Balaban J connectivity index is 1.19. The first kappa shape index (κ1) is 30.0. The van der Waals surface area contributed by atoms with Gasteiger partial charge in [0, 0.05) is 38.2 Å². The number of pyridine rings is 1. The van der Waals surface area contributed by atoms with Crippen molar-refractivity contribution in [2.24, 2.45) is 10.7 Å². The van der Waals surface area contributed by atoms with E-state index in [9.17, 15) is 0 Å². The van der Waals surface area contributed by atoms with Gasteiger partial charge in [0.25, 0.3) is 0 Å². The standard InChI is InChI=1S/C48H34N4/c49-48(50-42(33-16-5-2-6-17-33)28-26-32-14-3-1-4-15-32)34-18-13-19-35(30-34)51-43-24-11-10-23-39(43)40-27-29-45-41(47(40)51)31-46-38-22-8-7-20-36(38)37-21-9-12-25-44(37)52(45)46/h1-25,27-31H,26H2,(H2,49,50)/b42-28-. The van der Waals surface area contributed by atoms with E-state index >= 15 is 0 Å². The molecule has 0 aliphatic heterocycles. The third-order valence-electron chi connectivity index (χ3n) is 10.3. The fourth-order valence-electron chi connectivity index (χ4n) is 7.97. The van der Waals surface area contributed by atoms with Gasteiger partial charge in [-0.05, 0) is 59.3 Å². The maximum absolute atomic E-state index is 6.89. The van der Waals surface area contributed by atoms with Crippen LogP contribution in [-0.2, 0) is 6.42 Å². The molecular weight excluding hydrogens is 633 g/mol. The minimum atomic E-state index is 0.475. The van der Waals surface area contributed by atoms with Crippen molar-refractivity contribution < 1.29 is 0 Å². The Hall–Kier alpha value is -6.91. The highest BCUT2D eigenvalue weighted by molar-refractivity contribution is 6.22. The Bertz CT molecular complexity index is 3040. The maximum Gasteiger partial charge on any atom is 0.131 e. The molecule has 10 rings (SSSR count). The number of allylic oxidation sites excluding steroid dienone is 1. The normalized spacial score (nSPS) is 12.6. The van der Waals surface area contributed by atoms with Gasteiger partial charge >= 0.3 is 0 Å². The first-order valence-corrected chi connectivity index (χ1v) is 17.7. The van der Waals surface area contributed by atoms with E-state index in [4.69, 9.17) is 10.7 Å². The Labute approximate surface area is 301 Å². The second-order valence-electron chi connectivity index (χ2n) is 13.4. The Kier molecular flexibility index (Phi) is 7.00. The van der Waals surface area contributed by atoms with Crippen molar-refractivity contribution in [1.82, 2.24) is 8.97 Å². The lowest BCUT2D eigenvalue weighted by molar-refractivity contribution is 1.18. The van der Waals surface area contributed by atoms with Crippen molar-refractivity contribution in [3.05, 3.63) is 199 Å². The van der Waals surface area contributed by atoms with E-state index in [2.05, 4.69) is 167 Å². The number of benzene rings is 7. The molecule has 3 heterocycles. The summed E-state index contributed by atoms with van der Waals surface area (Å²) >= 11 is 0. The summed E-state index contributed by atoms with van der Waals surface area (Å²) in [4.78, 5) is 5.06. The van der Waals surface area contributed by atoms with Crippen LogP contribution in [0.2, 0.25) is 0 Å². The van der Waals surface area contributed by atoms with Crippen LogP contribution in [0.1, 0.15) is 16.7 Å². The maximum atomic E-state index is 6.89. The quantitative estimate of drug-likeness (QED) is 0.107. The zero-order valence-corrected chi connectivity index (χ0v) is 28.4. The van der Waals surface area contributed by atoms with Crippen molar-refractivity contribution in [3.63, 3.8) is 0 Å². The van der Waals surface area contributed by atoms with Gasteiger partial charge in [0.2, 0.25) is 0 Å². The molecule has 0 radical (unpaired) electrons. The largest absolute Gasteiger partial charge is 0.383 e. The molecular formula is C48H34N4. The number of hydrogen-bond acceptors (Lipinski definition) is 1. The first-order chi connectivity index (χ1) is 25.7. The minimum Gasteiger partial charge on any atom is -0.383 e. The predicted octanol–water partition coefficient (Wildman–Crippen LogP) is 11.5. The Morgan fingerprint density at radius 3 is 1.85 bits per heavy atom. The van der Waals surface area contributed by atoms with E-state index in [-0.39, 0.29) is 0 Å². The van der Waals surface area contributed by atoms with Crippen LogP contribution in [0.15, 0.2) is 187 Å². The van der Waals surface area contributed by atoms with Gasteiger partial charge in [-0.1, -0.05) is 146 Å². The molecule has 4 nitrogen and oxygen atoms in total. The van der Waals surface area contributed by atoms with E-state index < -0.39 is 0 Å². The van der Waals surface area contributed by atoms with Crippen LogP contribution >= 0.6 is 0 Å². The van der Waals surface area contributed by atoms with Gasteiger partial charge in [-0.3, -0.25) is 0 Å². The van der Waals surface area contributed by atoms with Crippen LogP contribution in [0, 0.1) is 0 Å². The minimum absolute atomic E-state index is 0.475. The van der Waals surface area contributed by atoms with Crippen LogP contribution in [0.4, 0.5) is 0 Å². The molecule has 0 bridgehead atoms. The van der Waals surface area contributed by atoms with Gasteiger partial charge < -0.3 is 14.7 Å². The summed E-state index contributed by atoms with van der Waals surface area (Å²) in [6.45, 7) is 0. The highest BCUT2D eigenvalue weighted by Gasteiger charge is 2.19. The zero-order chi connectivity index (χ0) is 34.6. The molecule has 0 fully saturated rings. The van der Waals surface area contributed by atoms with Crippen LogP contribution in [0.25, 0.3) is 71.3 Å². The van der Waals surface area contributed by atoms with E-state index in [0.29, 0.717) is 5.84 Å². The second kappa shape index (κ2) is 12.1. The summed E-state index contributed by atoms with van der Waals surface area (Å²) in [6.07, 6.45) is 2.92. The van der Waals surface area contributed by atoms with E-state index in [1.54, 1.807) is 0 Å². The summed E-state index contributed by atoms with van der Waals surface area (Å²) < 4.78 is 4.83. The van der Waals surface area contributed by atoms with E-state index in [1.807, 2.05) is 24.3 Å². The highest BCUT2D eigenvalue weighted by atomic mass is 15.0. The lowest BCUT2D eigenvalue weighted by Gasteiger charge is -2.12. The summed E-state index contributed by atoms with van der Waals surface area (Å²) in [6, 6.07) is 62.3. The Morgan fingerprint density at radius 2 is 1.08 bits per heavy atom. The summed E-state index contributed by atoms with van der Waals surface area (Å²) in [5, 5.41) is 7.40. The molecule has 0 aliphatic rings. The van der Waals surface area contributed by atoms with Crippen molar-refractivity contribution in [1.29, 1.82) is 0 Å². The van der Waals surface area contributed by atoms with Gasteiger partial charge in [-0.2, -0.15) is 0 Å². The van der Waals surface area contributed by atoms with Gasteiger partial charge in [0.05, 0.1) is 33.3 Å². The fourth-order valence-corrected chi connectivity index (χ4v) is 7.97. The number of para-hydroxylation sites is 2. The van der Waals surface area contributed by atoms with Gasteiger partial charge in [-0.15, -0.1) is 0 Å². The van der Waals surface area contributed by atoms with Crippen LogP contribution in [0.3, 0.4) is 0 Å². The second-order valence-corrected chi connectivity index (χ2v) is 13.4. The summed E-state index contributed by atoms with van der Waals surface area (Å²) in [7, 11) is 0.